The maximum Gasteiger partial charge on any atom is 0.0454 e. The van der Waals surface area contributed by atoms with Crippen LogP contribution in [-0.4, -0.2) is 11.5 Å². The number of aromatic nitrogens is 1. The van der Waals surface area contributed by atoms with Crippen molar-refractivity contribution in [1.29, 1.82) is 0 Å². The molecule has 3 rings (SSSR count). The van der Waals surface area contributed by atoms with Gasteiger partial charge in [0.25, 0.3) is 0 Å². The summed E-state index contributed by atoms with van der Waals surface area (Å²) < 4.78 is 0. The smallest absolute Gasteiger partial charge is 0.0454 e. The van der Waals surface area contributed by atoms with E-state index in [1.807, 2.05) is 6.20 Å². The van der Waals surface area contributed by atoms with Crippen LogP contribution in [0.4, 0.5) is 0 Å². The number of hydrogen-bond donors (Lipinski definition) is 2. The fourth-order valence-corrected chi connectivity index (χ4v) is 2.74. The molecule has 2 heteroatoms. The summed E-state index contributed by atoms with van der Waals surface area (Å²) >= 11 is 0. The molecule has 0 saturated heterocycles. The standard InChI is InChI=1S/C18H20N2/c1-13(12-19)17-5-3-2-4-15(17)10-14-6-7-18-16(11-14)8-9-20-18/h2-9,11,13,20H,10,12,19H2,1H3/t13-/m1/s1. The number of nitrogens with two attached hydrogens (primary N) is 1. The zero-order valence-electron chi connectivity index (χ0n) is 11.8. The van der Waals surface area contributed by atoms with E-state index in [0.29, 0.717) is 12.5 Å². The minimum Gasteiger partial charge on any atom is -0.361 e. The molecule has 1 atom stereocenters. The Kier molecular flexibility index (Phi) is 3.57. The summed E-state index contributed by atoms with van der Waals surface area (Å²) in [5.74, 6) is 0.405. The third-order valence-electron chi connectivity index (χ3n) is 3.95. The average molecular weight is 264 g/mol. The van der Waals surface area contributed by atoms with E-state index in [2.05, 4.69) is 60.4 Å². The Morgan fingerprint density at radius 3 is 2.80 bits per heavy atom. The Morgan fingerprint density at radius 2 is 1.95 bits per heavy atom. The average Bonchev–Trinajstić information content (AvgIpc) is 2.94. The summed E-state index contributed by atoms with van der Waals surface area (Å²) in [4.78, 5) is 3.23. The van der Waals surface area contributed by atoms with Gasteiger partial charge in [-0.15, -0.1) is 0 Å². The van der Waals surface area contributed by atoms with Crippen LogP contribution in [0.3, 0.4) is 0 Å². The van der Waals surface area contributed by atoms with E-state index in [1.54, 1.807) is 0 Å². The quantitative estimate of drug-likeness (QED) is 0.739. The lowest BCUT2D eigenvalue weighted by Crippen LogP contribution is -2.11. The molecule has 20 heavy (non-hydrogen) atoms. The fourth-order valence-electron chi connectivity index (χ4n) is 2.74. The minimum absolute atomic E-state index is 0.405. The lowest BCUT2D eigenvalue weighted by Gasteiger charge is -2.15. The van der Waals surface area contributed by atoms with Gasteiger partial charge >= 0.3 is 0 Å². The van der Waals surface area contributed by atoms with Crippen molar-refractivity contribution in [3.63, 3.8) is 0 Å². The van der Waals surface area contributed by atoms with Crippen LogP contribution < -0.4 is 5.73 Å². The highest BCUT2D eigenvalue weighted by molar-refractivity contribution is 5.80. The number of hydrogen-bond acceptors (Lipinski definition) is 1. The summed E-state index contributed by atoms with van der Waals surface area (Å²) in [6.07, 6.45) is 2.94. The van der Waals surface area contributed by atoms with Crippen LogP contribution in [-0.2, 0) is 6.42 Å². The van der Waals surface area contributed by atoms with E-state index < -0.39 is 0 Å². The molecule has 0 aliphatic heterocycles. The molecule has 0 aliphatic rings. The van der Waals surface area contributed by atoms with Gasteiger partial charge in [-0.1, -0.05) is 37.3 Å². The molecule has 0 amide bonds. The maximum absolute atomic E-state index is 5.82. The molecule has 3 aromatic rings. The van der Waals surface area contributed by atoms with E-state index >= 15 is 0 Å². The molecule has 0 bridgehead atoms. The number of nitrogens with one attached hydrogen (secondary N) is 1. The Labute approximate surface area is 119 Å². The Hall–Kier alpha value is -2.06. The van der Waals surface area contributed by atoms with Gasteiger partial charge < -0.3 is 10.7 Å². The monoisotopic (exact) mass is 264 g/mol. The van der Waals surface area contributed by atoms with Gasteiger partial charge in [-0.2, -0.15) is 0 Å². The number of rotatable bonds is 4. The first kappa shape index (κ1) is 12.9. The summed E-state index contributed by atoms with van der Waals surface area (Å²) in [6, 6.07) is 17.3. The molecule has 2 nitrogen and oxygen atoms in total. The zero-order valence-corrected chi connectivity index (χ0v) is 11.8. The zero-order chi connectivity index (χ0) is 13.9. The molecule has 1 heterocycles. The van der Waals surface area contributed by atoms with Gasteiger partial charge in [0.15, 0.2) is 0 Å². The molecule has 0 spiro atoms. The van der Waals surface area contributed by atoms with Crippen molar-refractivity contribution in [2.45, 2.75) is 19.3 Å². The van der Waals surface area contributed by atoms with Gasteiger partial charge in [-0.3, -0.25) is 0 Å². The van der Waals surface area contributed by atoms with Gasteiger partial charge in [0.1, 0.15) is 0 Å². The van der Waals surface area contributed by atoms with Crippen molar-refractivity contribution in [2.24, 2.45) is 5.73 Å². The van der Waals surface area contributed by atoms with E-state index in [9.17, 15) is 0 Å². The second kappa shape index (κ2) is 5.51. The molecule has 0 aliphatic carbocycles. The lowest BCUT2D eigenvalue weighted by molar-refractivity contribution is 0.764. The molecule has 1 aromatic heterocycles. The molecule has 0 radical (unpaired) electrons. The van der Waals surface area contributed by atoms with Gasteiger partial charge in [0.05, 0.1) is 0 Å². The number of benzene rings is 2. The second-order valence-corrected chi connectivity index (χ2v) is 5.41. The summed E-state index contributed by atoms with van der Waals surface area (Å²) in [7, 11) is 0. The first-order chi connectivity index (χ1) is 9.78. The Morgan fingerprint density at radius 1 is 1.10 bits per heavy atom. The van der Waals surface area contributed by atoms with Gasteiger partial charge in [-0.05, 0) is 59.2 Å². The third kappa shape index (κ3) is 2.47. The number of H-pyrrole nitrogens is 1. The van der Waals surface area contributed by atoms with E-state index in [0.717, 1.165) is 6.42 Å². The molecule has 0 unspecified atom stereocenters. The predicted molar refractivity (Wildman–Crippen MR) is 85.0 cm³/mol. The van der Waals surface area contributed by atoms with Crippen LogP contribution in [0.1, 0.15) is 29.5 Å². The molecule has 2 aromatic carbocycles. The van der Waals surface area contributed by atoms with Gasteiger partial charge in [-0.25, -0.2) is 0 Å². The van der Waals surface area contributed by atoms with Crippen LogP contribution in [0.15, 0.2) is 54.7 Å². The van der Waals surface area contributed by atoms with Gasteiger partial charge in [0.2, 0.25) is 0 Å². The van der Waals surface area contributed by atoms with Crippen LogP contribution in [0.2, 0.25) is 0 Å². The van der Waals surface area contributed by atoms with Crippen molar-refractivity contribution < 1.29 is 0 Å². The number of fused-ring (bicyclic) bond motifs is 1. The topological polar surface area (TPSA) is 41.8 Å². The van der Waals surface area contributed by atoms with Crippen molar-refractivity contribution in [3.05, 3.63) is 71.4 Å². The molecular weight excluding hydrogens is 244 g/mol. The Bertz CT molecular complexity index is 712. The van der Waals surface area contributed by atoms with Crippen molar-refractivity contribution >= 4 is 10.9 Å². The Balaban J connectivity index is 1.94. The molecular formula is C18H20N2. The molecule has 0 fully saturated rings. The van der Waals surface area contributed by atoms with E-state index in [4.69, 9.17) is 5.73 Å². The van der Waals surface area contributed by atoms with E-state index in [-0.39, 0.29) is 0 Å². The molecule has 102 valence electrons. The summed E-state index contributed by atoms with van der Waals surface area (Å²) in [5.41, 5.74) is 11.1. The predicted octanol–water partition coefficient (Wildman–Crippen LogP) is 3.82. The number of aromatic amines is 1. The van der Waals surface area contributed by atoms with Gasteiger partial charge in [0, 0.05) is 11.7 Å². The summed E-state index contributed by atoms with van der Waals surface area (Å²) in [6.45, 7) is 2.88. The van der Waals surface area contributed by atoms with Crippen LogP contribution >= 0.6 is 0 Å². The SMILES string of the molecule is C[C@H](CN)c1ccccc1Cc1ccc2[nH]ccc2c1. The second-order valence-electron chi connectivity index (χ2n) is 5.41. The molecule has 0 saturated carbocycles. The van der Waals surface area contributed by atoms with Crippen molar-refractivity contribution in [2.75, 3.05) is 6.54 Å². The maximum atomic E-state index is 5.82. The highest BCUT2D eigenvalue weighted by Crippen LogP contribution is 2.23. The van der Waals surface area contributed by atoms with Crippen LogP contribution in [0, 0.1) is 0 Å². The highest BCUT2D eigenvalue weighted by atomic mass is 14.7. The largest absolute Gasteiger partial charge is 0.361 e. The van der Waals surface area contributed by atoms with Crippen LogP contribution in [0.25, 0.3) is 10.9 Å². The normalized spacial score (nSPS) is 12.7. The first-order valence-corrected chi connectivity index (χ1v) is 7.12. The first-order valence-electron chi connectivity index (χ1n) is 7.12. The lowest BCUT2D eigenvalue weighted by atomic mass is 9.92. The highest BCUT2D eigenvalue weighted by Gasteiger charge is 2.09. The fraction of sp³-hybridized carbons (Fsp3) is 0.222. The minimum atomic E-state index is 0.405. The third-order valence-corrected chi connectivity index (χ3v) is 3.95. The van der Waals surface area contributed by atoms with E-state index in [1.165, 1.54) is 27.6 Å². The summed E-state index contributed by atoms with van der Waals surface area (Å²) in [5, 5.41) is 1.27. The van der Waals surface area contributed by atoms with Crippen LogP contribution in [0.5, 0.6) is 0 Å². The van der Waals surface area contributed by atoms with Crippen molar-refractivity contribution in [1.82, 2.24) is 4.98 Å². The molecule has 3 N–H and O–H groups in total. The van der Waals surface area contributed by atoms with Crippen molar-refractivity contribution in [3.8, 4) is 0 Å².